The van der Waals surface area contributed by atoms with Crippen LogP contribution in [0.25, 0.3) is 0 Å². The number of fused-ring (bicyclic) bond motifs is 1. The smallest absolute Gasteiger partial charge is 0.254 e. The molecule has 2 aromatic heterocycles. The summed E-state index contributed by atoms with van der Waals surface area (Å²) >= 11 is 1.50. The van der Waals surface area contributed by atoms with Gasteiger partial charge in [-0.15, -0.1) is 0 Å². The van der Waals surface area contributed by atoms with Crippen LogP contribution in [0.4, 0.5) is 0 Å². The van der Waals surface area contributed by atoms with Crippen molar-refractivity contribution in [1.29, 1.82) is 0 Å². The zero-order valence-corrected chi connectivity index (χ0v) is 11.4. The highest BCUT2D eigenvalue weighted by atomic mass is 32.2. The second-order valence-electron chi connectivity index (χ2n) is 4.46. The van der Waals surface area contributed by atoms with Crippen LogP contribution in [-0.2, 0) is 11.3 Å². The van der Waals surface area contributed by atoms with Crippen LogP contribution < -0.4 is 10.9 Å². The number of hydrogen-bond donors (Lipinski definition) is 1. The van der Waals surface area contributed by atoms with E-state index in [-0.39, 0.29) is 23.9 Å². The van der Waals surface area contributed by atoms with Gasteiger partial charge in [-0.1, -0.05) is 11.8 Å². The fraction of sp³-hybridized carbons (Fsp3) is 0.308. The molecule has 1 N–H and O–H groups in total. The molecule has 0 aromatic carbocycles. The summed E-state index contributed by atoms with van der Waals surface area (Å²) in [4.78, 5) is 27.9. The largest absolute Gasteiger partial charge is 0.467 e. The van der Waals surface area contributed by atoms with Gasteiger partial charge in [0.25, 0.3) is 5.56 Å². The summed E-state index contributed by atoms with van der Waals surface area (Å²) in [6.07, 6.45) is 3.34. The van der Waals surface area contributed by atoms with Crippen LogP contribution in [0.15, 0.2) is 45.0 Å². The first kappa shape index (κ1) is 13.0. The van der Waals surface area contributed by atoms with E-state index < -0.39 is 0 Å². The third-order valence-corrected chi connectivity index (χ3v) is 4.19. The van der Waals surface area contributed by atoms with Crippen molar-refractivity contribution < 1.29 is 9.21 Å². The molecular weight excluding hydrogens is 278 g/mol. The Kier molecular flexibility index (Phi) is 3.60. The van der Waals surface area contributed by atoms with Crippen LogP contribution in [0.5, 0.6) is 0 Å². The van der Waals surface area contributed by atoms with Gasteiger partial charge in [-0.05, 0) is 12.1 Å². The van der Waals surface area contributed by atoms with Crippen molar-refractivity contribution in [2.24, 2.45) is 0 Å². The second-order valence-corrected chi connectivity index (χ2v) is 5.45. The molecule has 1 amide bonds. The highest BCUT2D eigenvalue weighted by molar-refractivity contribution is 7.99. The lowest BCUT2D eigenvalue weighted by molar-refractivity contribution is -0.122. The minimum absolute atomic E-state index is 0.101. The third kappa shape index (κ3) is 2.62. The number of rotatable bonds is 4. The topological polar surface area (TPSA) is 77.1 Å². The zero-order chi connectivity index (χ0) is 13.9. The molecule has 3 heterocycles. The van der Waals surface area contributed by atoms with Gasteiger partial charge in [0.1, 0.15) is 5.76 Å². The predicted octanol–water partition coefficient (Wildman–Crippen LogP) is 1.19. The molecule has 1 unspecified atom stereocenters. The van der Waals surface area contributed by atoms with Gasteiger partial charge in [0.05, 0.1) is 18.8 Å². The lowest BCUT2D eigenvalue weighted by Crippen LogP contribution is -2.30. The SMILES string of the molecule is O=C(CC1CSc2nccc(=O)n21)NCc1ccco1. The number of furan rings is 1. The average molecular weight is 291 g/mol. The number of carbonyl (C=O) groups excluding carboxylic acids is 1. The Hall–Kier alpha value is -2.02. The van der Waals surface area contributed by atoms with Crippen LogP contribution >= 0.6 is 11.8 Å². The van der Waals surface area contributed by atoms with Gasteiger partial charge < -0.3 is 9.73 Å². The summed E-state index contributed by atoms with van der Waals surface area (Å²) in [5.74, 6) is 1.30. The van der Waals surface area contributed by atoms with E-state index in [1.165, 1.54) is 24.0 Å². The van der Waals surface area contributed by atoms with E-state index in [1.54, 1.807) is 23.0 Å². The van der Waals surface area contributed by atoms with E-state index in [0.717, 1.165) is 0 Å². The molecule has 0 spiro atoms. The maximum absolute atomic E-state index is 11.9. The first-order valence-corrected chi connectivity index (χ1v) is 7.22. The van der Waals surface area contributed by atoms with Crippen LogP contribution in [0.1, 0.15) is 18.2 Å². The molecule has 1 aliphatic heterocycles. The van der Waals surface area contributed by atoms with Gasteiger partial charge in [0, 0.05) is 24.4 Å². The van der Waals surface area contributed by atoms with Gasteiger partial charge >= 0.3 is 0 Å². The number of nitrogens with zero attached hydrogens (tertiary/aromatic N) is 2. The highest BCUT2D eigenvalue weighted by Gasteiger charge is 2.26. The summed E-state index contributed by atoms with van der Waals surface area (Å²) in [5, 5.41) is 3.47. The quantitative estimate of drug-likeness (QED) is 0.856. The van der Waals surface area contributed by atoms with Crippen LogP contribution in [0, 0.1) is 0 Å². The van der Waals surface area contributed by atoms with Crippen molar-refractivity contribution in [3.63, 3.8) is 0 Å². The van der Waals surface area contributed by atoms with Crippen LogP contribution in [-0.4, -0.2) is 21.2 Å². The monoisotopic (exact) mass is 291 g/mol. The van der Waals surface area contributed by atoms with Gasteiger partial charge in [0.15, 0.2) is 5.16 Å². The Labute approximate surface area is 119 Å². The summed E-state index contributed by atoms with van der Waals surface area (Å²) in [6.45, 7) is 0.362. The van der Waals surface area contributed by atoms with Gasteiger partial charge in [-0.2, -0.15) is 0 Å². The third-order valence-electron chi connectivity index (χ3n) is 3.08. The van der Waals surface area contributed by atoms with E-state index >= 15 is 0 Å². The number of hydrogen-bond acceptors (Lipinski definition) is 5. The molecule has 0 fully saturated rings. The zero-order valence-electron chi connectivity index (χ0n) is 10.6. The first-order chi connectivity index (χ1) is 9.74. The van der Waals surface area contributed by atoms with Crippen LogP contribution in [0.3, 0.4) is 0 Å². The fourth-order valence-electron chi connectivity index (χ4n) is 2.13. The Morgan fingerprint density at radius 3 is 3.25 bits per heavy atom. The lowest BCUT2D eigenvalue weighted by atomic mass is 10.2. The molecule has 20 heavy (non-hydrogen) atoms. The maximum Gasteiger partial charge on any atom is 0.254 e. The van der Waals surface area contributed by atoms with Crippen molar-refractivity contribution in [3.8, 4) is 0 Å². The molecule has 7 heteroatoms. The number of thioether (sulfide) groups is 1. The maximum atomic E-state index is 11.9. The van der Waals surface area contributed by atoms with Gasteiger partial charge in [0.2, 0.25) is 5.91 Å². The summed E-state index contributed by atoms with van der Waals surface area (Å²) < 4.78 is 6.74. The summed E-state index contributed by atoms with van der Waals surface area (Å²) in [5.41, 5.74) is -0.108. The normalized spacial score (nSPS) is 16.9. The minimum atomic E-state index is -0.132. The molecule has 6 nitrogen and oxygen atoms in total. The Morgan fingerprint density at radius 1 is 1.55 bits per heavy atom. The van der Waals surface area contributed by atoms with E-state index in [0.29, 0.717) is 23.2 Å². The molecule has 0 radical (unpaired) electrons. The molecular formula is C13H13N3O3S. The van der Waals surface area contributed by atoms with Crippen molar-refractivity contribution in [3.05, 3.63) is 46.8 Å². The number of nitrogens with one attached hydrogen (secondary N) is 1. The van der Waals surface area contributed by atoms with Crippen molar-refractivity contribution in [2.75, 3.05) is 5.75 Å². The molecule has 0 saturated heterocycles. The number of amides is 1. The fourth-order valence-corrected chi connectivity index (χ4v) is 3.25. The standard InChI is InChI=1S/C13H13N3O3S/c17-11(15-7-10-2-1-5-19-10)6-9-8-20-13-14-4-3-12(18)16(9)13/h1-5,9H,6-8H2,(H,15,17). The number of aromatic nitrogens is 2. The average Bonchev–Trinajstić information content (AvgIpc) is 3.07. The molecule has 2 aromatic rings. The summed E-state index contributed by atoms with van der Waals surface area (Å²) in [7, 11) is 0. The highest BCUT2D eigenvalue weighted by Crippen LogP contribution is 2.31. The Balaban J connectivity index is 1.62. The molecule has 0 bridgehead atoms. The predicted molar refractivity (Wildman–Crippen MR) is 73.4 cm³/mol. The molecule has 0 aliphatic carbocycles. The Bertz CT molecular complexity index is 666. The van der Waals surface area contributed by atoms with Crippen molar-refractivity contribution >= 4 is 17.7 Å². The summed E-state index contributed by atoms with van der Waals surface area (Å²) in [6, 6.07) is 4.86. The van der Waals surface area contributed by atoms with E-state index in [4.69, 9.17) is 4.42 Å². The van der Waals surface area contributed by atoms with Gasteiger partial charge in [-0.25, -0.2) is 4.98 Å². The van der Waals surface area contributed by atoms with E-state index in [1.807, 2.05) is 0 Å². The van der Waals surface area contributed by atoms with Crippen molar-refractivity contribution in [1.82, 2.24) is 14.9 Å². The van der Waals surface area contributed by atoms with Crippen LogP contribution in [0.2, 0.25) is 0 Å². The second kappa shape index (κ2) is 5.54. The lowest BCUT2D eigenvalue weighted by Gasteiger charge is -2.12. The molecule has 3 rings (SSSR count). The molecule has 104 valence electrons. The molecule has 1 atom stereocenters. The minimum Gasteiger partial charge on any atom is -0.467 e. The van der Waals surface area contributed by atoms with E-state index in [9.17, 15) is 9.59 Å². The number of carbonyl (C=O) groups is 1. The van der Waals surface area contributed by atoms with E-state index in [2.05, 4.69) is 10.3 Å². The van der Waals surface area contributed by atoms with Crippen molar-refractivity contribution in [2.45, 2.75) is 24.2 Å². The first-order valence-electron chi connectivity index (χ1n) is 6.23. The Morgan fingerprint density at radius 2 is 2.45 bits per heavy atom. The molecule has 1 aliphatic rings. The molecule has 0 saturated carbocycles. The van der Waals surface area contributed by atoms with Gasteiger partial charge in [-0.3, -0.25) is 14.2 Å².